The molecule has 18 heavy (non-hydrogen) atoms. The molecule has 0 radical (unpaired) electrons. The molecule has 1 aromatic heterocycles. The molecule has 1 rings (SSSR count). The summed E-state index contributed by atoms with van der Waals surface area (Å²) >= 11 is 0. The largest absolute Gasteiger partial charge is 0.673 e. The predicted molar refractivity (Wildman–Crippen MR) is 61.4 cm³/mol. The lowest BCUT2D eigenvalue weighted by Gasteiger charge is -2.19. The first-order valence-electron chi connectivity index (χ1n) is 5.35. The van der Waals surface area contributed by atoms with Crippen LogP contribution in [0.1, 0.15) is 13.8 Å². The fourth-order valence-electron chi connectivity index (χ4n) is 1.28. The molecule has 0 aliphatic rings. The van der Waals surface area contributed by atoms with E-state index in [0.717, 1.165) is 18.8 Å². The van der Waals surface area contributed by atoms with Crippen molar-refractivity contribution < 1.29 is 21.8 Å². The molecule has 1 heterocycles. The first-order valence-corrected chi connectivity index (χ1v) is 5.35. The highest BCUT2D eigenvalue weighted by molar-refractivity contribution is 6.50. The highest BCUT2D eigenvalue weighted by Gasteiger charge is 2.20. The molecule has 0 amide bonds. The van der Waals surface area contributed by atoms with Crippen molar-refractivity contribution in [2.75, 3.05) is 18.0 Å². The standard InChI is InChI=1S/C10H14N3.BF4/c1-3-13(4-2)10-5-7-12(9-11)8-6-10;2-1(3,4)5/h5-8H,3-4H2,1-2H3;/q+1;-1. The van der Waals surface area contributed by atoms with Crippen molar-refractivity contribution in [3.8, 4) is 6.19 Å². The molecule has 0 atom stereocenters. The van der Waals surface area contributed by atoms with Crippen LogP contribution in [0.25, 0.3) is 0 Å². The van der Waals surface area contributed by atoms with E-state index in [4.69, 9.17) is 5.26 Å². The SMILES string of the molecule is CCN(CC)c1cc[n+](C#N)cc1.F[B-](F)(F)F. The Morgan fingerprint density at radius 1 is 1.17 bits per heavy atom. The predicted octanol–water partition coefficient (Wildman–Crippen LogP) is 2.45. The Morgan fingerprint density at radius 2 is 1.56 bits per heavy atom. The summed E-state index contributed by atoms with van der Waals surface area (Å²) in [6, 6.07) is 3.91. The number of rotatable bonds is 3. The number of hydrogen-bond donors (Lipinski definition) is 0. The van der Waals surface area contributed by atoms with Gasteiger partial charge in [-0.3, -0.25) is 0 Å². The summed E-state index contributed by atoms with van der Waals surface area (Å²) < 4.78 is 40.5. The van der Waals surface area contributed by atoms with Gasteiger partial charge in [-0.25, -0.2) is 0 Å². The zero-order chi connectivity index (χ0) is 14.2. The number of nitrogens with zero attached hydrogens (tertiary/aromatic N) is 3. The maximum atomic E-state index is 9.75. The molecule has 0 bridgehead atoms. The number of aromatic nitrogens is 1. The van der Waals surface area contributed by atoms with E-state index in [0.29, 0.717) is 0 Å². The molecule has 1 aromatic rings. The molecule has 8 heteroatoms. The second kappa shape index (κ2) is 7.53. The van der Waals surface area contributed by atoms with Crippen molar-refractivity contribution in [1.82, 2.24) is 0 Å². The van der Waals surface area contributed by atoms with Crippen LogP contribution in [-0.4, -0.2) is 20.3 Å². The smallest absolute Gasteiger partial charge is 0.418 e. The molecule has 0 aliphatic heterocycles. The lowest BCUT2D eigenvalue weighted by Crippen LogP contribution is -2.28. The van der Waals surface area contributed by atoms with Crippen molar-refractivity contribution >= 4 is 12.9 Å². The van der Waals surface area contributed by atoms with Crippen LogP contribution in [0.4, 0.5) is 23.0 Å². The van der Waals surface area contributed by atoms with Gasteiger partial charge in [0.1, 0.15) is 12.4 Å². The number of anilines is 1. The zero-order valence-corrected chi connectivity index (χ0v) is 10.2. The van der Waals surface area contributed by atoms with Crippen LogP contribution in [-0.2, 0) is 0 Å². The first-order chi connectivity index (χ1) is 8.31. The number of halogens is 4. The van der Waals surface area contributed by atoms with E-state index in [1.807, 2.05) is 18.3 Å². The van der Waals surface area contributed by atoms with Crippen LogP contribution in [0.5, 0.6) is 0 Å². The summed E-state index contributed by atoms with van der Waals surface area (Å²) in [5, 5.41) is 8.58. The molecular weight excluding hydrogens is 249 g/mol. The molecule has 3 nitrogen and oxygen atoms in total. The lowest BCUT2D eigenvalue weighted by atomic mass is 10.3. The Balaban J connectivity index is 0.000000494. The van der Waals surface area contributed by atoms with Gasteiger partial charge in [0, 0.05) is 30.9 Å². The average Bonchev–Trinajstić information content (AvgIpc) is 2.29. The maximum Gasteiger partial charge on any atom is 0.673 e. The second-order valence-corrected chi connectivity index (χ2v) is 3.23. The normalized spacial score (nSPS) is 10.1. The summed E-state index contributed by atoms with van der Waals surface area (Å²) in [5.41, 5.74) is 1.16. The minimum Gasteiger partial charge on any atom is -0.418 e. The minimum atomic E-state index is -6.00. The van der Waals surface area contributed by atoms with Gasteiger partial charge in [0.05, 0.1) is 0 Å². The van der Waals surface area contributed by atoms with E-state index < -0.39 is 7.25 Å². The van der Waals surface area contributed by atoms with E-state index in [2.05, 4.69) is 18.7 Å². The van der Waals surface area contributed by atoms with Crippen LogP contribution in [0.3, 0.4) is 0 Å². The lowest BCUT2D eigenvalue weighted by molar-refractivity contribution is -0.586. The molecular formula is C10H14BF4N3. The molecule has 100 valence electrons. The Morgan fingerprint density at radius 3 is 1.83 bits per heavy atom. The van der Waals surface area contributed by atoms with Gasteiger partial charge in [-0.05, 0) is 13.8 Å². The molecule has 0 spiro atoms. The van der Waals surface area contributed by atoms with Gasteiger partial charge >= 0.3 is 13.4 Å². The minimum absolute atomic E-state index is 0.993. The Kier molecular flexibility index (Phi) is 6.79. The van der Waals surface area contributed by atoms with Crippen LogP contribution >= 0.6 is 0 Å². The highest BCUT2D eigenvalue weighted by atomic mass is 19.5. The van der Waals surface area contributed by atoms with Gasteiger partial charge < -0.3 is 22.2 Å². The van der Waals surface area contributed by atoms with Gasteiger partial charge in [0.25, 0.3) is 0 Å². The van der Waals surface area contributed by atoms with Crippen LogP contribution in [0.2, 0.25) is 0 Å². The van der Waals surface area contributed by atoms with E-state index in [1.54, 1.807) is 12.4 Å². The van der Waals surface area contributed by atoms with Crippen molar-refractivity contribution in [1.29, 1.82) is 5.26 Å². The molecule has 0 unspecified atom stereocenters. The van der Waals surface area contributed by atoms with Gasteiger partial charge in [-0.1, -0.05) is 0 Å². The summed E-state index contributed by atoms with van der Waals surface area (Å²) in [6.45, 7) is 6.23. The van der Waals surface area contributed by atoms with Crippen LogP contribution in [0.15, 0.2) is 24.5 Å². The van der Waals surface area contributed by atoms with E-state index in [-0.39, 0.29) is 0 Å². The van der Waals surface area contributed by atoms with E-state index >= 15 is 0 Å². The zero-order valence-electron chi connectivity index (χ0n) is 10.2. The summed E-state index contributed by atoms with van der Waals surface area (Å²) in [5.74, 6) is 0. The van der Waals surface area contributed by atoms with Gasteiger partial charge in [-0.2, -0.15) is 0 Å². The molecule has 0 saturated heterocycles. The van der Waals surface area contributed by atoms with Gasteiger partial charge in [-0.15, -0.1) is 4.57 Å². The molecule has 0 saturated carbocycles. The fourth-order valence-corrected chi connectivity index (χ4v) is 1.28. The fraction of sp³-hybridized carbons (Fsp3) is 0.400. The molecule has 0 fully saturated rings. The topological polar surface area (TPSA) is 30.9 Å². The number of nitriles is 1. The van der Waals surface area contributed by atoms with E-state index in [1.165, 1.54) is 4.57 Å². The van der Waals surface area contributed by atoms with Crippen molar-refractivity contribution in [2.24, 2.45) is 0 Å². The van der Waals surface area contributed by atoms with Gasteiger partial charge in [0.15, 0.2) is 5.26 Å². The van der Waals surface area contributed by atoms with Gasteiger partial charge in [0.2, 0.25) is 0 Å². The van der Waals surface area contributed by atoms with Crippen molar-refractivity contribution in [2.45, 2.75) is 13.8 Å². The third-order valence-corrected chi connectivity index (χ3v) is 2.06. The first kappa shape index (κ1) is 16.2. The third-order valence-electron chi connectivity index (χ3n) is 2.06. The number of hydrogen-bond acceptors (Lipinski definition) is 2. The van der Waals surface area contributed by atoms with Crippen molar-refractivity contribution in [3.05, 3.63) is 24.5 Å². The second-order valence-electron chi connectivity index (χ2n) is 3.23. The Labute approximate surface area is 103 Å². The monoisotopic (exact) mass is 263 g/mol. The number of pyridine rings is 1. The summed E-state index contributed by atoms with van der Waals surface area (Å²) in [7, 11) is -6.00. The molecule has 0 N–H and O–H groups in total. The Bertz CT molecular complexity index is 376. The van der Waals surface area contributed by atoms with E-state index in [9.17, 15) is 17.3 Å². The quantitative estimate of drug-likeness (QED) is 0.476. The summed E-state index contributed by atoms with van der Waals surface area (Å²) in [4.78, 5) is 2.24. The third kappa shape index (κ3) is 7.49. The maximum absolute atomic E-state index is 9.75. The van der Waals surface area contributed by atoms with Crippen LogP contribution < -0.4 is 9.47 Å². The highest BCUT2D eigenvalue weighted by Crippen LogP contribution is 2.09. The average molecular weight is 263 g/mol. The van der Waals surface area contributed by atoms with Crippen molar-refractivity contribution in [3.63, 3.8) is 0 Å². The van der Waals surface area contributed by atoms with Crippen LogP contribution in [0, 0.1) is 11.5 Å². The molecule has 0 aliphatic carbocycles. The Hall–Kier alpha value is -1.78. The summed E-state index contributed by atoms with van der Waals surface area (Å²) in [6.07, 6.45) is 5.57. The molecule has 0 aromatic carbocycles.